The summed E-state index contributed by atoms with van der Waals surface area (Å²) >= 11 is 0. The quantitative estimate of drug-likeness (QED) is 0.177. The van der Waals surface area contributed by atoms with Crippen LogP contribution in [0, 0.1) is 11.3 Å². The second kappa shape index (κ2) is 16.3. The molecule has 1 atom stereocenters. The lowest BCUT2D eigenvalue weighted by atomic mass is 10.0. The van der Waals surface area contributed by atoms with E-state index in [1.54, 1.807) is 12.4 Å². The van der Waals surface area contributed by atoms with E-state index < -0.39 is 0 Å². The SMILES string of the molecule is CCCCCCCCOc1cnc(-c2ccc(-c3ccc(OCCOC(C#N)CCC)cc3)cc2)nc1. The van der Waals surface area contributed by atoms with E-state index in [0.717, 1.165) is 41.7 Å². The number of aromatic nitrogens is 2. The van der Waals surface area contributed by atoms with Crippen molar-refractivity contribution in [3.63, 3.8) is 0 Å². The molecule has 0 N–H and O–H groups in total. The van der Waals surface area contributed by atoms with Crippen LogP contribution in [0.2, 0.25) is 0 Å². The zero-order valence-corrected chi connectivity index (χ0v) is 22.2. The highest BCUT2D eigenvalue weighted by Crippen LogP contribution is 2.25. The van der Waals surface area contributed by atoms with Gasteiger partial charge in [-0.15, -0.1) is 0 Å². The summed E-state index contributed by atoms with van der Waals surface area (Å²) in [6.45, 7) is 5.80. The first kappa shape index (κ1) is 28.1. The molecule has 37 heavy (non-hydrogen) atoms. The molecule has 0 spiro atoms. The monoisotopic (exact) mass is 501 g/mol. The van der Waals surface area contributed by atoms with Crippen LogP contribution in [0.4, 0.5) is 0 Å². The molecule has 6 heteroatoms. The van der Waals surface area contributed by atoms with Crippen molar-refractivity contribution in [2.45, 2.75) is 71.3 Å². The molecule has 2 aromatic carbocycles. The molecule has 6 nitrogen and oxygen atoms in total. The topological polar surface area (TPSA) is 77.3 Å². The molecule has 0 saturated heterocycles. The zero-order chi connectivity index (χ0) is 26.1. The summed E-state index contributed by atoms with van der Waals surface area (Å²) in [5.41, 5.74) is 3.17. The van der Waals surface area contributed by atoms with Gasteiger partial charge in [0.25, 0.3) is 0 Å². The van der Waals surface area contributed by atoms with Gasteiger partial charge in [-0.1, -0.05) is 88.8 Å². The molecule has 1 unspecified atom stereocenters. The van der Waals surface area contributed by atoms with Gasteiger partial charge >= 0.3 is 0 Å². The number of nitriles is 1. The van der Waals surface area contributed by atoms with E-state index in [9.17, 15) is 0 Å². The summed E-state index contributed by atoms with van der Waals surface area (Å²) in [6.07, 6.45) is 12.3. The molecule has 3 rings (SSSR count). The summed E-state index contributed by atoms with van der Waals surface area (Å²) in [6, 6.07) is 18.3. The van der Waals surface area contributed by atoms with Gasteiger partial charge in [0, 0.05) is 5.56 Å². The third-order valence-corrected chi connectivity index (χ3v) is 6.09. The Morgan fingerprint density at radius 1 is 0.676 bits per heavy atom. The minimum Gasteiger partial charge on any atom is -0.491 e. The molecule has 0 saturated carbocycles. The van der Waals surface area contributed by atoms with Crippen molar-refractivity contribution in [1.82, 2.24) is 9.97 Å². The fourth-order valence-electron chi connectivity index (χ4n) is 3.96. The maximum atomic E-state index is 9.04. The van der Waals surface area contributed by atoms with E-state index in [-0.39, 0.29) is 6.10 Å². The molecule has 0 fully saturated rings. The fourth-order valence-corrected chi connectivity index (χ4v) is 3.96. The highest BCUT2D eigenvalue weighted by Gasteiger charge is 2.07. The first-order chi connectivity index (χ1) is 18.2. The Hall–Kier alpha value is -3.43. The Kier molecular flexibility index (Phi) is 12.4. The maximum absolute atomic E-state index is 9.04. The Bertz CT molecular complexity index is 1060. The highest BCUT2D eigenvalue weighted by atomic mass is 16.5. The second-order valence-electron chi connectivity index (χ2n) is 9.09. The smallest absolute Gasteiger partial charge is 0.159 e. The first-order valence-corrected chi connectivity index (χ1v) is 13.5. The van der Waals surface area contributed by atoms with Gasteiger partial charge in [0.05, 0.1) is 31.7 Å². The molecular weight excluding hydrogens is 462 g/mol. The van der Waals surface area contributed by atoms with Crippen LogP contribution in [0.25, 0.3) is 22.5 Å². The number of hydrogen-bond donors (Lipinski definition) is 0. The standard InChI is InChI=1S/C31H39N3O3/c1-3-5-6-7-8-9-19-35-30-23-33-31(34-24-30)27-13-11-25(12-14-27)26-15-17-28(18-16-26)36-20-21-37-29(22-32)10-4-2/h11-18,23-24,29H,3-10,19-21H2,1-2H3. The molecule has 0 amide bonds. The van der Waals surface area contributed by atoms with Crippen molar-refractivity contribution >= 4 is 0 Å². The average Bonchev–Trinajstić information content (AvgIpc) is 2.95. The summed E-state index contributed by atoms with van der Waals surface area (Å²) in [4.78, 5) is 8.97. The summed E-state index contributed by atoms with van der Waals surface area (Å²) in [5.74, 6) is 2.18. The number of ether oxygens (including phenoxy) is 3. The van der Waals surface area contributed by atoms with Crippen LogP contribution in [0.3, 0.4) is 0 Å². The second-order valence-corrected chi connectivity index (χ2v) is 9.09. The van der Waals surface area contributed by atoms with Gasteiger partial charge < -0.3 is 14.2 Å². The van der Waals surface area contributed by atoms with Crippen LogP contribution in [-0.2, 0) is 4.74 Å². The predicted molar refractivity (Wildman–Crippen MR) is 148 cm³/mol. The van der Waals surface area contributed by atoms with E-state index in [0.29, 0.717) is 31.4 Å². The van der Waals surface area contributed by atoms with Crippen molar-refractivity contribution in [3.8, 4) is 40.1 Å². The fraction of sp³-hybridized carbons (Fsp3) is 0.452. The molecule has 0 radical (unpaired) electrons. The van der Waals surface area contributed by atoms with Gasteiger partial charge in [0.1, 0.15) is 18.5 Å². The highest BCUT2D eigenvalue weighted by molar-refractivity contribution is 5.68. The third kappa shape index (κ3) is 9.86. The Morgan fingerprint density at radius 3 is 1.92 bits per heavy atom. The maximum Gasteiger partial charge on any atom is 0.159 e. The molecule has 0 bridgehead atoms. The van der Waals surface area contributed by atoms with Gasteiger partial charge in [-0.25, -0.2) is 9.97 Å². The van der Waals surface area contributed by atoms with Gasteiger partial charge in [0.15, 0.2) is 11.6 Å². The van der Waals surface area contributed by atoms with Gasteiger partial charge in [-0.3, -0.25) is 0 Å². The number of nitrogens with zero attached hydrogens (tertiary/aromatic N) is 3. The van der Waals surface area contributed by atoms with Crippen LogP contribution in [-0.4, -0.2) is 35.9 Å². The van der Waals surface area contributed by atoms with Gasteiger partial charge in [0.2, 0.25) is 0 Å². The first-order valence-electron chi connectivity index (χ1n) is 13.5. The summed E-state index contributed by atoms with van der Waals surface area (Å²) < 4.78 is 17.1. The normalized spacial score (nSPS) is 11.6. The minimum atomic E-state index is -0.356. The average molecular weight is 502 g/mol. The van der Waals surface area contributed by atoms with Crippen LogP contribution in [0.15, 0.2) is 60.9 Å². The summed E-state index contributed by atoms with van der Waals surface area (Å²) in [7, 11) is 0. The Balaban J connectivity index is 1.44. The predicted octanol–water partition coefficient (Wildman–Crippen LogP) is 7.64. The number of rotatable bonds is 17. The molecular formula is C31H39N3O3. The number of unbranched alkanes of at least 4 members (excludes halogenated alkanes) is 5. The van der Waals surface area contributed by atoms with Crippen LogP contribution in [0.5, 0.6) is 11.5 Å². The van der Waals surface area contributed by atoms with E-state index in [1.165, 1.54) is 32.1 Å². The van der Waals surface area contributed by atoms with Crippen molar-refractivity contribution in [2.24, 2.45) is 0 Å². The number of benzene rings is 2. The number of hydrogen-bond acceptors (Lipinski definition) is 6. The van der Waals surface area contributed by atoms with E-state index in [4.69, 9.17) is 19.5 Å². The molecule has 0 aliphatic carbocycles. The van der Waals surface area contributed by atoms with Gasteiger partial charge in [-0.2, -0.15) is 5.26 Å². The van der Waals surface area contributed by atoms with Crippen LogP contribution >= 0.6 is 0 Å². The summed E-state index contributed by atoms with van der Waals surface area (Å²) in [5, 5.41) is 9.04. The molecule has 1 aromatic heterocycles. The largest absolute Gasteiger partial charge is 0.491 e. The van der Waals surface area contributed by atoms with Gasteiger partial charge in [-0.05, 0) is 36.1 Å². The van der Waals surface area contributed by atoms with Crippen molar-refractivity contribution in [3.05, 3.63) is 60.9 Å². The molecule has 0 aliphatic heterocycles. The molecule has 3 aromatic rings. The minimum absolute atomic E-state index is 0.356. The lowest BCUT2D eigenvalue weighted by molar-refractivity contribution is 0.0598. The lowest BCUT2D eigenvalue weighted by Gasteiger charge is -2.11. The van der Waals surface area contributed by atoms with Crippen molar-refractivity contribution in [1.29, 1.82) is 5.26 Å². The van der Waals surface area contributed by atoms with E-state index in [1.807, 2.05) is 43.3 Å². The van der Waals surface area contributed by atoms with Crippen molar-refractivity contribution < 1.29 is 14.2 Å². The van der Waals surface area contributed by atoms with Crippen LogP contribution in [0.1, 0.15) is 65.2 Å². The molecule has 196 valence electrons. The molecule has 1 heterocycles. The lowest BCUT2D eigenvalue weighted by Crippen LogP contribution is -2.15. The Labute approximate surface area is 221 Å². The van der Waals surface area contributed by atoms with Crippen molar-refractivity contribution in [2.75, 3.05) is 19.8 Å². The van der Waals surface area contributed by atoms with Crippen LogP contribution < -0.4 is 9.47 Å². The molecule has 0 aliphatic rings. The Morgan fingerprint density at radius 2 is 1.27 bits per heavy atom. The van der Waals surface area contributed by atoms with E-state index in [2.05, 4.69) is 35.1 Å². The third-order valence-electron chi connectivity index (χ3n) is 6.09. The zero-order valence-electron chi connectivity index (χ0n) is 22.2. The van der Waals surface area contributed by atoms with E-state index >= 15 is 0 Å².